The van der Waals surface area contributed by atoms with Crippen molar-refractivity contribution in [2.45, 2.75) is 113 Å². The summed E-state index contributed by atoms with van der Waals surface area (Å²) < 4.78 is 0. The molecule has 0 aliphatic carbocycles. The highest BCUT2D eigenvalue weighted by molar-refractivity contribution is 5.29. The summed E-state index contributed by atoms with van der Waals surface area (Å²) in [7, 11) is 0. The van der Waals surface area contributed by atoms with E-state index in [9.17, 15) is 0 Å². The van der Waals surface area contributed by atoms with Gasteiger partial charge in [-0.3, -0.25) is 0 Å². The monoisotopic (exact) mass is 344 g/mol. The first-order chi connectivity index (χ1) is 12.0. The lowest BCUT2D eigenvalue weighted by Gasteiger charge is -2.10. The van der Waals surface area contributed by atoms with Crippen molar-refractivity contribution in [3.8, 4) is 0 Å². The molecule has 0 heteroatoms. The molecule has 0 atom stereocenters. The zero-order chi connectivity index (χ0) is 19.1. The van der Waals surface area contributed by atoms with Crippen LogP contribution in [0.2, 0.25) is 0 Å². The van der Waals surface area contributed by atoms with Crippen molar-refractivity contribution in [2.24, 2.45) is 0 Å². The topological polar surface area (TPSA) is 0 Å². The SMILES string of the molecule is CC/C=C(CCCCCC/C(C=C(C)C)=C(\C)CC)\C(C)=C/CCC. The van der Waals surface area contributed by atoms with Crippen molar-refractivity contribution >= 4 is 0 Å². The predicted octanol–water partition coefficient (Wildman–Crippen LogP) is 9.10. The van der Waals surface area contributed by atoms with Gasteiger partial charge in [-0.2, -0.15) is 0 Å². The second-order valence-corrected chi connectivity index (χ2v) is 7.61. The number of allylic oxidation sites excluding steroid dienone is 8. The molecular formula is C25H44. The Morgan fingerprint density at radius 1 is 0.760 bits per heavy atom. The smallest absolute Gasteiger partial charge is 0.0279 e. The summed E-state index contributed by atoms with van der Waals surface area (Å²) in [6, 6.07) is 0. The van der Waals surface area contributed by atoms with Crippen molar-refractivity contribution in [3.63, 3.8) is 0 Å². The van der Waals surface area contributed by atoms with Crippen LogP contribution in [0.4, 0.5) is 0 Å². The van der Waals surface area contributed by atoms with Crippen LogP contribution in [0.3, 0.4) is 0 Å². The van der Waals surface area contributed by atoms with E-state index >= 15 is 0 Å². The number of hydrogen-bond donors (Lipinski definition) is 0. The van der Waals surface area contributed by atoms with Crippen LogP contribution in [0, 0.1) is 0 Å². The van der Waals surface area contributed by atoms with Gasteiger partial charge in [0.25, 0.3) is 0 Å². The summed E-state index contributed by atoms with van der Waals surface area (Å²) in [5.74, 6) is 0. The Morgan fingerprint density at radius 2 is 1.40 bits per heavy atom. The molecule has 0 unspecified atom stereocenters. The van der Waals surface area contributed by atoms with Gasteiger partial charge < -0.3 is 0 Å². The summed E-state index contributed by atoms with van der Waals surface area (Å²) >= 11 is 0. The minimum Gasteiger partial charge on any atom is -0.0813 e. The lowest BCUT2D eigenvalue weighted by Crippen LogP contribution is -1.90. The molecule has 0 saturated heterocycles. The highest BCUT2D eigenvalue weighted by Gasteiger charge is 2.02. The third-order valence-electron chi connectivity index (χ3n) is 4.88. The lowest BCUT2D eigenvalue weighted by atomic mass is 9.96. The highest BCUT2D eigenvalue weighted by atomic mass is 14.1. The Bertz CT molecular complexity index is 464. The first kappa shape index (κ1) is 24.0. The van der Waals surface area contributed by atoms with Gasteiger partial charge in [0, 0.05) is 0 Å². The second-order valence-electron chi connectivity index (χ2n) is 7.61. The first-order valence-electron chi connectivity index (χ1n) is 10.7. The normalized spacial score (nSPS) is 13.7. The van der Waals surface area contributed by atoms with Crippen molar-refractivity contribution < 1.29 is 0 Å². The molecule has 0 spiro atoms. The molecule has 0 radical (unpaired) electrons. The molecule has 0 saturated carbocycles. The van der Waals surface area contributed by atoms with Crippen molar-refractivity contribution in [2.75, 3.05) is 0 Å². The lowest BCUT2D eigenvalue weighted by molar-refractivity contribution is 0.638. The first-order valence-corrected chi connectivity index (χ1v) is 10.7. The molecule has 144 valence electrons. The minimum atomic E-state index is 1.15. The molecule has 0 aromatic rings. The van der Waals surface area contributed by atoms with Crippen LogP contribution in [0.1, 0.15) is 113 Å². The van der Waals surface area contributed by atoms with Gasteiger partial charge in [0.2, 0.25) is 0 Å². The van der Waals surface area contributed by atoms with Crippen molar-refractivity contribution in [3.05, 3.63) is 46.1 Å². The number of unbranched alkanes of at least 4 members (excludes halogenated alkanes) is 4. The highest BCUT2D eigenvalue weighted by Crippen LogP contribution is 2.22. The molecule has 0 bridgehead atoms. The van der Waals surface area contributed by atoms with E-state index in [-0.39, 0.29) is 0 Å². The molecule has 0 aromatic heterocycles. The molecule has 0 nitrogen and oxygen atoms in total. The third-order valence-corrected chi connectivity index (χ3v) is 4.88. The van der Waals surface area contributed by atoms with Crippen LogP contribution >= 0.6 is 0 Å². The molecule has 0 heterocycles. The average molecular weight is 345 g/mol. The van der Waals surface area contributed by atoms with Crippen molar-refractivity contribution in [1.29, 1.82) is 0 Å². The van der Waals surface area contributed by atoms with E-state index in [0.717, 1.165) is 6.42 Å². The maximum Gasteiger partial charge on any atom is -0.0279 e. The molecule has 0 rings (SSSR count). The summed E-state index contributed by atoms with van der Waals surface area (Å²) in [6.07, 6.45) is 19.9. The van der Waals surface area contributed by atoms with E-state index in [1.54, 1.807) is 16.7 Å². The van der Waals surface area contributed by atoms with E-state index in [4.69, 9.17) is 0 Å². The van der Waals surface area contributed by atoms with E-state index in [1.165, 1.54) is 68.9 Å². The van der Waals surface area contributed by atoms with E-state index in [0.29, 0.717) is 0 Å². The van der Waals surface area contributed by atoms with Gasteiger partial charge in [-0.05, 0) is 83.8 Å². The van der Waals surface area contributed by atoms with Gasteiger partial charge in [0.15, 0.2) is 0 Å². The second kappa shape index (κ2) is 15.2. The van der Waals surface area contributed by atoms with Crippen LogP contribution in [0.15, 0.2) is 46.1 Å². The molecule has 25 heavy (non-hydrogen) atoms. The molecule has 0 aliphatic heterocycles. The molecule has 0 aliphatic rings. The van der Waals surface area contributed by atoms with Crippen LogP contribution in [-0.4, -0.2) is 0 Å². The van der Waals surface area contributed by atoms with Crippen LogP contribution in [0.25, 0.3) is 0 Å². The quantitative estimate of drug-likeness (QED) is 0.231. The zero-order valence-corrected chi connectivity index (χ0v) is 18.3. The fraction of sp³-hybridized carbons (Fsp3) is 0.680. The molecule has 0 aromatic carbocycles. The van der Waals surface area contributed by atoms with Crippen LogP contribution < -0.4 is 0 Å². The third kappa shape index (κ3) is 12.0. The Balaban J connectivity index is 4.31. The molecular weight excluding hydrogens is 300 g/mol. The number of rotatable bonds is 13. The standard InChI is InChI=1S/C25H44/c1-8-11-17-23(7)24(16-9-2)18-14-12-13-15-19-25(20-21(4)5)22(6)10-3/h16-17,20H,8-15,18-19H2,1-7H3/b23-17-,24-16-,25-22-. The summed E-state index contributed by atoms with van der Waals surface area (Å²) in [5.41, 5.74) is 7.66. The van der Waals surface area contributed by atoms with Gasteiger partial charge in [-0.25, -0.2) is 0 Å². The van der Waals surface area contributed by atoms with E-state index in [2.05, 4.69) is 66.7 Å². The van der Waals surface area contributed by atoms with Gasteiger partial charge in [-0.1, -0.05) is 75.0 Å². The predicted molar refractivity (Wildman–Crippen MR) is 117 cm³/mol. The fourth-order valence-corrected chi connectivity index (χ4v) is 3.17. The number of hydrogen-bond acceptors (Lipinski definition) is 0. The summed E-state index contributed by atoms with van der Waals surface area (Å²) in [4.78, 5) is 0. The molecule has 0 fully saturated rings. The average Bonchev–Trinajstić information content (AvgIpc) is 2.59. The van der Waals surface area contributed by atoms with Crippen LogP contribution in [0.5, 0.6) is 0 Å². The Morgan fingerprint density at radius 3 is 1.92 bits per heavy atom. The summed E-state index contributed by atoms with van der Waals surface area (Å²) in [5, 5.41) is 0. The van der Waals surface area contributed by atoms with Gasteiger partial charge in [-0.15, -0.1) is 0 Å². The van der Waals surface area contributed by atoms with Gasteiger partial charge >= 0.3 is 0 Å². The Labute approximate surface area is 159 Å². The van der Waals surface area contributed by atoms with Crippen molar-refractivity contribution in [1.82, 2.24) is 0 Å². The van der Waals surface area contributed by atoms with Crippen LogP contribution in [-0.2, 0) is 0 Å². The maximum absolute atomic E-state index is 2.43. The minimum absolute atomic E-state index is 1.15. The largest absolute Gasteiger partial charge is 0.0813 e. The Kier molecular flexibility index (Phi) is 14.6. The maximum atomic E-state index is 2.43. The van der Waals surface area contributed by atoms with Gasteiger partial charge in [0.05, 0.1) is 0 Å². The summed E-state index contributed by atoms with van der Waals surface area (Å²) in [6.45, 7) is 15.8. The fourth-order valence-electron chi connectivity index (χ4n) is 3.17. The zero-order valence-electron chi connectivity index (χ0n) is 18.3. The molecule has 0 N–H and O–H groups in total. The van der Waals surface area contributed by atoms with Gasteiger partial charge in [0.1, 0.15) is 0 Å². The van der Waals surface area contributed by atoms with E-state index < -0.39 is 0 Å². The molecule has 0 amide bonds. The van der Waals surface area contributed by atoms with E-state index in [1.807, 2.05) is 0 Å². The Hall–Kier alpha value is -1.04.